The van der Waals surface area contributed by atoms with Crippen LogP contribution in [0.3, 0.4) is 0 Å². The summed E-state index contributed by atoms with van der Waals surface area (Å²) in [7, 11) is 0. The van der Waals surface area contributed by atoms with E-state index in [4.69, 9.17) is 4.42 Å². The molecule has 12 heteroatoms. The molecule has 1 aromatic carbocycles. The van der Waals surface area contributed by atoms with Crippen molar-refractivity contribution in [1.82, 2.24) is 15.3 Å². The van der Waals surface area contributed by atoms with Gasteiger partial charge in [-0.15, -0.1) is 0 Å². The van der Waals surface area contributed by atoms with E-state index in [-0.39, 0.29) is 22.7 Å². The maximum atomic E-state index is 14.0. The van der Waals surface area contributed by atoms with E-state index in [0.717, 1.165) is 25.3 Å². The quantitative estimate of drug-likeness (QED) is 0.460. The van der Waals surface area contributed by atoms with Gasteiger partial charge in [0.2, 0.25) is 5.95 Å². The van der Waals surface area contributed by atoms with Gasteiger partial charge in [-0.1, -0.05) is 0 Å². The van der Waals surface area contributed by atoms with E-state index >= 15 is 0 Å². The van der Waals surface area contributed by atoms with Crippen molar-refractivity contribution in [3.05, 3.63) is 47.5 Å². The Morgan fingerprint density at radius 1 is 1.19 bits per heavy atom. The van der Waals surface area contributed by atoms with Crippen LogP contribution in [0.25, 0.3) is 11.0 Å². The number of carbonyl (C=O) groups excluding carboxylic acids is 1. The van der Waals surface area contributed by atoms with Gasteiger partial charge in [0, 0.05) is 23.1 Å². The van der Waals surface area contributed by atoms with E-state index in [1.54, 1.807) is 5.32 Å². The van der Waals surface area contributed by atoms with Crippen molar-refractivity contribution >= 4 is 28.6 Å². The minimum atomic E-state index is -4.97. The van der Waals surface area contributed by atoms with Crippen LogP contribution in [0.15, 0.2) is 28.9 Å². The summed E-state index contributed by atoms with van der Waals surface area (Å²) in [4.78, 5) is 20.3. The van der Waals surface area contributed by atoms with E-state index < -0.39 is 41.2 Å². The summed E-state index contributed by atoms with van der Waals surface area (Å²) >= 11 is 0. The van der Waals surface area contributed by atoms with Crippen LogP contribution in [0.1, 0.15) is 36.6 Å². The Labute approximate surface area is 178 Å². The van der Waals surface area contributed by atoms with Crippen molar-refractivity contribution in [3.8, 4) is 0 Å². The number of fused-ring (bicyclic) bond motifs is 1. The van der Waals surface area contributed by atoms with Crippen molar-refractivity contribution in [2.45, 2.75) is 44.4 Å². The van der Waals surface area contributed by atoms with Crippen molar-refractivity contribution in [2.75, 3.05) is 10.6 Å². The first-order valence-corrected chi connectivity index (χ1v) is 9.72. The van der Waals surface area contributed by atoms with Crippen LogP contribution in [-0.2, 0) is 0 Å². The number of aryl methyl sites for hydroxylation is 1. The topological polar surface area (TPSA) is 92.1 Å². The Balaban J connectivity index is 1.52. The number of nitrogens with one attached hydrogen (secondary N) is 3. The molecule has 0 aliphatic heterocycles. The summed E-state index contributed by atoms with van der Waals surface area (Å²) < 4.78 is 73.6. The van der Waals surface area contributed by atoms with Gasteiger partial charge in [0.1, 0.15) is 11.6 Å². The fraction of sp³-hybridized carbons (Fsp3) is 0.350. The van der Waals surface area contributed by atoms with Crippen LogP contribution in [0.2, 0.25) is 0 Å². The normalized spacial score (nSPS) is 15.3. The SMILES string of the molecule is Cc1c(C(NC(=O)Nc2cnc(NC3CCC3)nc2)C(F)(F)F)oc2c(F)cc(F)cc12. The first kappa shape index (κ1) is 21.8. The van der Waals surface area contributed by atoms with E-state index in [1.165, 1.54) is 19.3 Å². The summed E-state index contributed by atoms with van der Waals surface area (Å²) in [5.74, 6) is -2.51. The lowest BCUT2D eigenvalue weighted by Crippen LogP contribution is -2.40. The third-order valence-corrected chi connectivity index (χ3v) is 5.21. The van der Waals surface area contributed by atoms with Gasteiger partial charge in [0.05, 0.1) is 18.1 Å². The lowest BCUT2D eigenvalue weighted by molar-refractivity contribution is -0.158. The predicted octanol–water partition coefficient (Wildman–Crippen LogP) is 5.20. The molecule has 1 fully saturated rings. The fourth-order valence-corrected chi connectivity index (χ4v) is 3.33. The van der Waals surface area contributed by atoms with Crippen molar-refractivity contribution < 1.29 is 31.2 Å². The summed E-state index contributed by atoms with van der Waals surface area (Å²) in [6.07, 6.45) is 0.647. The number of hydrogen-bond acceptors (Lipinski definition) is 5. The zero-order valence-corrected chi connectivity index (χ0v) is 16.7. The minimum Gasteiger partial charge on any atom is -0.455 e. The number of aromatic nitrogens is 2. The average Bonchev–Trinajstić information content (AvgIpc) is 3.00. The molecule has 0 radical (unpaired) electrons. The molecule has 2 heterocycles. The number of halogens is 5. The third-order valence-electron chi connectivity index (χ3n) is 5.21. The van der Waals surface area contributed by atoms with Crippen LogP contribution >= 0.6 is 0 Å². The van der Waals surface area contributed by atoms with Gasteiger partial charge in [0.25, 0.3) is 0 Å². The summed E-state index contributed by atoms with van der Waals surface area (Å²) in [5.41, 5.74) is -0.605. The summed E-state index contributed by atoms with van der Waals surface area (Å²) in [5, 5.41) is 6.92. The smallest absolute Gasteiger partial charge is 0.416 e. The van der Waals surface area contributed by atoms with Gasteiger partial charge in [-0.05, 0) is 32.3 Å². The number of benzene rings is 1. The maximum Gasteiger partial charge on any atom is 0.416 e. The molecule has 7 nitrogen and oxygen atoms in total. The number of urea groups is 1. The zero-order valence-electron chi connectivity index (χ0n) is 16.7. The molecule has 1 aliphatic carbocycles. The lowest BCUT2D eigenvalue weighted by Gasteiger charge is -2.26. The van der Waals surface area contributed by atoms with E-state index in [9.17, 15) is 26.7 Å². The number of hydrogen-bond donors (Lipinski definition) is 3. The molecule has 3 N–H and O–H groups in total. The minimum absolute atomic E-state index is 0.0667. The molecule has 4 rings (SSSR count). The Morgan fingerprint density at radius 2 is 1.88 bits per heavy atom. The third kappa shape index (κ3) is 4.43. The number of furan rings is 1. The Hall–Kier alpha value is -3.44. The standard InChI is InChI=1S/C20H18F5N5O2/c1-9-13-5-10(21)6-14(22)16(13)32-15(9)17(20(23,24)25)30-19(31)29-12-7-26-18(27-8-12)28-11-3-2-4-11/h5-8,11,17H,2-4H2,1H3,(H,26,27,28)(H2,29,30,31). The van der Waals surface area contributed by atoms with Gasteiger partial charge in [0.15, 0.2) is 17.4 Å². The largest absolute Gasteiger partial charge is 0.455 e. The highest BCUT2D eigenvalue weighted by Crippen LogP contribution is 2.39. The van der Waals surface area contributed by atoms with Crippen LogP contribution in [-0.4, -0.2) is 28.2 Å². The second kappa shape index (κ2) is 8.24. The van der Waals surface area contributed by atoms with Gasteiger partial charge < -0.3 is 20.4 Å². The van der Waals surface area contributed by atoms with Crippen LogP contribution in [0.5, 0.6) is 0 Å². The number of alkyl halides is 3. The molecular formula is C20H18F5N5O2. The zero-order chi connectivity index (χ0) is 23.0. The highest BCUT2D eigenvalue weighted by molar-refractivity contribution is 5.89. The summed E-state index contributed by atoms with van der Waals surface area (Å²) in [6, 6.07) is -2.15. The van der Waals surface area contributed by atoms with E-state index in [0.29, 0.717) is 12.0 Å². The molecule has 0 spiro atoms. The molecule has 1 aliphatic rings. The molecule has 2 amide bonds. The predicted molar refractivity (Wildman–Crippen MR) is 105 cm³/mol. The molecule has 1 saturated carbocycles. The van der Waals surface area contributed by atoms with Crippen molar-refractivity contribution in [1.29, 1.82) is 0 Å². The second-order valence-electron chi connectivity index (χ2n) is 7.50. The highest BCUT2D eigenvalue weighted by atomic mass is 19.4. The maximum absolute atomic E-state index is 14.0. The lowest BCUT2D eigenvalue weighted by atomic mass is 9.93. The number of nitrogens with zero attached hydrogens (tertiary/aromatic N) is 2. The van der Waals surface area contributed by atoms with Gasteiger partial charge in [-0.25, -0.2) is 23.5 Å². The number of amides is 2. The number of anilines is 2. The Kier molecular flexibility index (Phi) is 5.61. The molecule has 3 aromatic rings. The van der Waals surface area contributed by atoms with Crippen LogP contribution in [0.4, 0.5) is 38.4 Å². The molecule has 0 bridgehead atoms. The van der Waals surface area contributed by atoms with Gasteiger partial charge in [-0.2, -0.15) is 13.2 Å². The molecule has 1 unspecified atom stereocenters. The molecule has 1 atom stereocenters. The number of carbonyl (C=O) groups is 1. The first-order valence-electron chi connectivity index (χ1n) is 9.72. The van der Waals surface area contributed by atoms with Crippen molar-refractivity contribution in [2.24, 2.45) is 0 Å². The molecule has 170 valence electrons. The summed E-state index contributed by atoms with van der Waals surface area (Å²) in [6.45, 7) is 1.22. The highest BCUT2D eigenvalue weighted by Gasteiger charge is 2.45. The first-order chi connectivity index (χ1) is 15.1. The Morgan fingerprint density at radius 3 is 2.47 bits per heavy atom. The average molecular weight is 455 g/mol. The fourth-order valence-electron chi connectivity index (χ4n) is 3.33. The van der Waals surface area contributed by atoms with Crippen LogP contribution in [0, 0.1) is 18.6 Å². The van der Waals surface area contributed by atoms with E-state index in [1.807, 2.05) is 0 Å². The Bertz CT molecular complexity index is 1140. The molecule has 32 heavy (non-hydrogen) atoms. The molecule has 2 aromatic heterocycles. The van der Waals surface area contributed by atoms with E-state index in [2.05, 4.69) is 20.6 Å². The monoisotopic (exact) mass is 455 g/mol. The van der Waals surface area contributed by atoms with Crippen molar-refractivity contribution in [3.63, 3.8) is 0 Å². The molecule has 0 saturated heterocycles. The van der Waals surface area contributed by atoms with Crippen LogP contribution < -0.4 is 16.0 Å². The van der Waals surface area contributed by atoms with Gasteiger partial charge >= 0.3 is 12.2 Å². The molecular weight excluding hydrogens is 437 g/mol. The van der Waals surface area contributed by atoms with Gasteiger partial charge in [-0.3, -0.25) is 0 Å². The second-order valence-corrected chi connectivity index (χ2v) is 7.50. The number of rotatable bonds is 5.